The SMILES string of the molecule is Clc1ccn2c(-c3cccs3)nnc2c1. The second kappa shape index (κ2) is 3.32. The highest BCUT2D eigenvalue weighted by atomic mass is 35.5. The van der Waals surface area contributed by atoms with Crippen LogP contribution in [0.4, 0.5) is 0 Å². The van der Waals surface area contributed by atoms with Crippen molar-refractivity contribution in [3.8, 4) is 10.7 Å². The maximum Gasteiger partial charge on any atom is 0.178 e. The number of halogens is 1. The molecule has 0 radical (unpaired) electrons. The van der Waals surface area contributed by atoms with E-state index in [9.17, 15) is 0 Å². The van der Waals surface area contributed by atoms with Gasteiger partial charge < -0.3 is 0 Å². The van der Waals surface area contributed by atoms with Crippen molar-refractivity contribution in [3.05, 3.63) is 40.9 Å². The fourth-order valence-electron chi connectivity index (χ4n) is 1.44. The molecule has 0 aliphatic carbocycles. The van der Waals surface area contributed by atoms with E-state index in [-0.39, 0.29) is 0 Å². The van der Waals surface area contributed by atoms with Gasteiger partial charge in [-0.1, -0.05) is 17.7 Å². The minimum atomic E-state index is 0.674. The first-order valence-corrected chi connectivity index (χ1v) is 5.64. The molecule has 3 nitrogen and oxygen atoms in total. The van der Waals surface area contributed by atoms with Gasteiger partial charge in [0.25, 0.3) is 0 Å². The predicted molar refractivity (Wildman–Crippen MR) is 61.3 cm³/mol. The molecule has 0 amide bonds. The average Bonchev–Trinajstić information content (AvgIpc) is 2.82. The Bertz CT molecular complexity index is 600. The van der Waals surface area contributed by atoms with Gasteiger partial charge in [-0.2, -0.15) is 0 Å². The van der Waals surface area contributed by atoms with Gasteiger partial charge in [-0.05, 0) is 17.5 Å². The van der Waals surface area contributed by atoms with E-state index < -0.39 is 0 Å². The molecule has 0 unspecified atom stereocenters. The maximum atomic E-state index is 5.87. The maximum absolute atomic E-state index is 5.87. The zero-order chi connectivity index (χ0) is 10.3. The third-order valence-corrected chi connectivity index (χ3v) is 3.21. The molecule has 5 heteroatoms. The number of hydrogen-bond donors (Lipinski definition) is 0. The zero-order valence-corrected chi connectivity index (χ0v) is 9.16. The number of pyridine rings is 1. The molecule has 0 fully saturated rings. The van der Waals surface area contributed by atoms with Gasteiger partial charge in [-0.15, -0.1) is 21.5 Å². The van der Waals surface area contributed by atoms with E-state index in [2.05, 4.69) is 10.2 Å². The first kappa shape index (κ1) is 8.88. The Morgan fingerprint density at radius 1 is 1.27 bits per heavy atom. The van der Waals surface area contributed by atoms with Gasteiger partial charge in [-0.25, -0.2) is 0 Å². The van der Waals surface area contributed by atoms with E-state index >= 15 is 0 Å². The van der Waals surface area contributed by atoms with Crippen LogP contribution in [0.3, 0.4) is 0 Å². The smallest absolute Gasteiger partial charge is 0.178 e. The van der Waals surface area contributed by atoms with Crippen LogP contribution in [0.1, 0.15) is 0 Å². The largest absolute Gasteiger partial charge is 0.282 e. The Morgan fingerprint density at radius 2 is 2.20 bits per heavy atom. The molecule has 3 rings (SSSR count). The molecule has 3 heterocycles. The molecule has 0 saturated carbocycles. The summed E-state index contributed by atoms with van der Waals surface area (Å²) in [4.78, 5) is 1.10. The minimum absolute atomic E-state index is 0.674. The van der Waals surface area contributed by atoms with Crippen LogP contribution in [0.2, 0.25) is 5.02 Å². The fourth-order valence-corrected chi connectivity index (χ4v) is 2.30. The number of aromatic nitrogens is 3. The van der Waals surface area contributed by atoms with E-state index in [0.29, 0.717) is 5.02 Å². The third kappa shape index (κ3) is 1.42. The lowest BCUT2D eigenvalue weighted by Crippen LogP contribution is -1.86. The lowest BCUT2D eigenvalue weighted by molar-refractivity contribution is 1.12. The highest BCUT2D eigenvalue weighted by Crippen LogP contribution is 2.24. The summed E-state index contributed by atoms with van der Waals surface area (Å²) in [6.07, 6.45) is 1.88. The van der Waals surface area contributed by atoms with E-state index in [4.69, 9.17) is 11.6 Å². The van der Waals surface area contributed by atoms with Crippen molar-refractivity contribution in [2.45, 2.75) is 0 Å². The number of thiophene rings is 1. The Balaban J connectivity index is 2.29. The van der Waals surface area contributed by atoms with E-state index in [1.165, 1.54) is 0 Å². The van der Waals surface area contributed by atoms with Crippen LogP contribution in [0, 0.1) is 0 Å². The summed E-state index contributed by atoms with van der Waals surface area (Å²) < 4.78 is 1.93. The van der Waals surface area contributed by atoms with Gasteiger partial charge >= 0.3 is 0 Å². The van der Waals surface area contributed by atoms with Crippen LogP contribution < -0.4 is 0 Å². The molecular formula is C10H6ClN3S. The summed E-state index contributed by atoms with van der Waals surface area (Å²) >= 11 is 7.52. The number of hydrogen-bond acceptors (Lipinski definition) is 3. The van der Waals surface area contributed by atoms with Crippen LogP contribution >= 0.6 is 22.9 Å². The first-order chi connectivity index (χ1) is 7.34. The van der Waals surface area contributed by atoms with E-state index in [1.807, 2.05) is 34.2 Å². The van der Waals surface area contributed by atoms with Crippen LogP contribution in [0.5, 0.6) is 0 Å². The van der Waals surface area contributed by atoms with Gasteiger partial charge in [0.15, 0.2) is 11.5 Å². The number of rotatable bonds is 1. The van der Waals surface area contributed by atoms with Crippen LogP contribution in [-0.4, -0.2) is 14.6 Å². The molecule has 0 aliphatic heterocycles. The Labute approximate surface area is 95.0 Å². The highest BCUT2D eigenvalue weighted by molar-refractivity contribution is 7.13. The van der Waals surface area contributed by atoms with Crippen LogP contribution in [0.25, 0.3) is 16.3 Å². The Kier molecular flexibility index (Phi) is 1.97. The lowest BCUT2D eigenvalue weighted by atomic mass is 10.4. The molecule has 15 heavy (non-hydrogen) atoms. The van der Waals surface area contributed by atoms with Gasteiger partial charge in [-0.3, -0.25) is 4.40 Å². The molecule has 0 spiro atoms. The molecule has 0 atom stereocenters. The molecule has 74 valence electrons. The van der Waals surface area contributed by atoms with Crippen molar-refractivity contribution in [2.24, 2.45) is 0 Å². The topological polar surface area (TPSA) is 30.2 Å². The lowest BCUT2D eigenvalue weighted by Gasteiger charge is -1.96. The van der Waals surface area contributed by atoms with Crippen molar-refractivity contribution < 1.29 is 0 Å². The van der Waals surface area contributed by atoms with Crippen molar-refractivity contribution >= 4 is 28.6 Å². The second-order valence-corrected chi connectivity index (χ2v) is 4.46. The van der Waals surface area contributed by atoms with Crippen molar-refractivity contribution in [3.63, 3.8) is 0 Å². The first-order valence-electron chi connectivity index (χ1n) is 4.39. The van der Waals surface area contributed by atoms with Gasteiger partial charge in [0.1, 0.15) is 0 Å². The minimum Gasteiger partial charge on any atom is -0.282 e. The summed E-state index contributed by atoms with van der Waals surface area (Å²) in [5.74, 6) is 0.858. The molecule has 0 saturated heterocycles. The third-order valence-electron chi connectivity index (χ3n) is 2.11. The Morgan fingerprint density at radius 3 is 3.00 bits per heavy atom. The van der Waals surface area contributed by atoms with Gasteiger partial charge in [0.05, 0.1) is 4.88 Å². The van der Waals surface area contributed by atoms with Gasteiger partial charge in [0, 0.05) is 17.3 Å². The normalized spacial score (nSPS) is 11.0. The zero-order valence-electron chi connectivity index (χ0n) is 7.59. The summed E-state index contributed by atoms with van der Waals surface area (Å²) in [7, 11) is 0. The van der Waals surface area contributed by atoms with Crippen LogP contribution in [0.15, 0.2) is 35.8 Å². The number of fused-ring (bicyclic) bond motifs is 1. The molecule has 3 aromatic rings. The molecule has 0 aromatic carbocycles. The summed E-state index contributed by atoms with van der Waals surface area (Å²) in [5, 5.41) is 10.9. The van der Waals surface area contributed by atoms with E-state index in [1.54, 1.807) is 17.4 Å². The monoisotopic (exact) mass is 235 g/mol. The summed E-state index contributed by atoms with van der Waals surface area (Å²) in [6.45, 7) is 0. The molecular weight excluding hydrogens is 230 g/mol. The molecule has 0 N–H and O–H groups in total. The highest BCUT2D eigenvalue weighted by Gasteiger charge is 2.08. The van der Waals surface area contributed by atoms with Crippen molar-refractivity contribution in [1.29, 1.82) is 0 Å². The Hall–Kier alpha value is -1.39. The second-order valence-electron chi connectivity index (χ2n) is 3.07. The van der Waals surface area contributed by atoms with Crippen molar-refractivity contribution in [1.82, 2.24) is 14.6 Å². The molecule has 3 aromatic heterocycles. The van der Waals surface area contributed by atoms with Crippen molar-refractivity contribution in [2.75, 3.05) is 0 Å². The summed E-state index contributed by atoms with van der Waals surface area (Å²) in [5.41, 5.74) is 0.769. The molecule has 0 aliphatic rings. The average molecular weight is 236 g/mol. The van der Waals surface area contributed by atoms with Crippen LogP contribution in [-0.2, 0) is 0 Å². The predicted octanol–water partition coefficient (Wildman–Crippen LogP) is 3.11. The molecule has 0 bridgehead atoms. The quantitative estimate of drug-likeness (QED) is 0.649. The summed E-state index contributed by atoms with van der Waals surface area (Å²) in [6, 6.07) is 7.65. The van der Waals surface area contributed by atoms with Gasteiger partial charge in [0.2, 0.25) is 0 Å². The fraction of sp³-hybridized carbons (Fsp3) is 0. The van der Waals surface area contributed by atoms with E-state index in [0.717, 1.165) is 16.3 Å². The standard InChI is InChI=1S/C10H6ClN3S/c11-7-3-4-14-9(6-7)12-13-10(14)8-2-1-5-15-8/h1-6H. The number of nitrogens with zero attached hydrogens (tertiary/aromatic N) is 3.